The highest BCUT2D eigenvalue weighted by Crippen LogP contribution is 2.16. The second-order valence-corrected chi connectivity index (χ2v) is 6.00. The van der Waals surface area contributed by atoms with Crippen LogP contribution in [0.2, 0.25) is 5.02 Å². The van der Waals surface area contributed by atoms with Crippen LogP contribution in [0.4, 0.5) is 17.5 Å². The Kier molecular flexibility index (Phi) is 6.17. The maximum atomic E-state index is 11.7. The molecule has 0 amide bonds. The van der Waals surface area contributed by atoms with E-state index in [1.54, 1.807) is 31.2 Å². The van der Waals surface area contributed by atoms with Gasteiger partial charge in [0.15, 0.2) is 5.82 Å². The molecule has 2 aromatic carbocycles. The number of benzene rings is 2. The van der Waals surface area contributed by atoms with E-state index in [4.69, 9.17) is 16.3 Å². The van der Waals surface area contributed by atoms with Crippen LogP contribution in [0, 0.1) is 0 Å². The van der Waals surface area contributed by atoms with Gasteiger partial charge >= 0.3 is 5.97 Å². The number of carbonyl (C=O) groups excluding carboxylic acids is 1. The third-order valence-electron chi connectivity index (χ3n) is 3.59. The number of anilines is 3. The fraction of sp³-hybridized carbons (Fsp3) is 0.158. The zero-order valence-electron chi connectivity index (χ0n) is 14.6. The molecule has 0 unspecified atom stereocenters. The summed E-state index contributed by atoms with van der Waals surface area (Å²) in [5, 5.41) is 14.8. The van der Waals surface area contributed by atoms with Gasteiger partial charge in [-0.15, -0.1) is 5.10 Å². The molecule has 0 spiro atoms. The molecular weight excluding hydrogens is 366 g/mol. The average molecular weight is 384 g/mol. The highest BCUT2D eigenvalue weighted by Gasteiger charge is 2.06. The van der Waals surface area contributed by atoms with Crippen molar-refractivity contribution in [1.29, 1.82) is 0 Å². The maximum absolute atomic E-state index is 11.7. The van der Waals surface area contributed by atoms with Crippen LogP contribution in [0.5, 0.6) is 0 Å². The Bertz CT molecular complexity index is 901. The molecule has 0 saturated heterocycles. The van der Waals surface area contributed by atoms with Crippen molar-refractivity contribution in [3.63, 3.8) is 0 Å². The van der Waals surface area contributed by atoms with Crippen molar-refractivity contribution in [1.82, 2.24) is 15.2 Å². The molecule has 0 bridgehead atoms. The smallest absolute Gasteiger partial charge is 0.338 e. The van der Waals surface area contributed by atoms with E-state index in [1.807, 2.05) is 24.3 Å². The number of esters is 1. The first-order valence-electron chi connectivity index (χ1n) is 8.36. The van der Waals surface area contributed by atoms with Gasteiger partial charge in [-0.2, -0.15) is 10.1 Å². The van der Waals surface area contributed by atoms with Gasteiger partial charge in [0, 0.05) is 17.3 Å². The number of halogens is 1. The fourth-order valence-electron chi connectivity index (χ4n) is 2.27. The van der Waals surface area contributed by atoms with Crippen molar-refractivity contribution in [3.05, 3.63) is 70.9 Å². The lowest BCUT2D eigenvalue weighted by Crippen LogP contribution is -2.07. The normalized spacial score (nSPS) is 10.3. The summed E-state index contributed by atoms with van der Waals surface area (Å²) in [7, 11) is 0. The molecule has 27 heavy (non-hydrogen) atoms. The zero-order valence-corrected chi connectivity index (χ0v) is 15.4. The molecule has 0 saturated carbocycles. The minimum absolute atomic E-state index is 0.344. The zero-order chi connectivity index (χ0) is 19.1. The number of nitrogens with zero attached hydrogens (tertiary/aromatic N) is 3. The van der Waals surface area contributed by atoms with Crippen molar-refractivity contribution < 1.29 is 9.53 Å². The van der Waals surface area contributed by atoms with Crippen molar-refractivity contribution in [2.75, 3.05) is 17.2 Å². The van der Waals surface area contributed by atoms with Gasteiger partial charge < -0.3 is 15.4 Å². The second kappa shape index (κ2) is 8.95. The molecule has 1 aromatic heterocycles. The van der Waals surface area contributed by atoms with Gasteiger partial charge in [-0.05, 0) is 48.9 Å². The Morgan fingerprint density at radius 1 is 1.11 bits per heavy atom. The molecule has 1 heterocycles. The Morgan fingerprint density at radius 2 is 1.85 bits per heavy atom. The number of hydrogen-bond acceptors (Lipinski definition) is 7. The SMILES string of the molecule is CCOC(=O)c1ccc(Nc2cnnc(NCc3ccc(Cl)cc3)n2)cc1. The first kappa shape index (κ1) is 18.6. The summed E-state index contributed by atoms with van der Waals surface area (Å²) < 4.78 is 4.97. The van der Waals surface area contributed by atoms with Gasteiger partial charge in [0.1, 0.15) is 0 Å². The van der Waals surface area contributed by atoms with E-state index in [9.17, 15) is 4.79 Å². The summed E-state index contributed by atoms with van der Waals surface area (Å²) in [6.07, 6.45) is 1.52. The van der Waals surface area contributed by atoms with Crippen LogP contribution in [-0.2, 0) is 11.3 Å². The Hall–Kier alpha value is -3.19. The minimum Gasteiger partial charge on any atom is -0.462 e. The summed E-state index contributed by atoms with van der Waals surface area (Å²) in [6.45, 7) is 2.67. The first-order valence-corrected chi connectivity index (χ1v) is 8.74. The number of hydrogen-bond donors (Lipinski definition) is 2. The lowest BCUT2D eigenvalue weighted by Gasteiger charge is -2.08. The molecule has 0 aliphatic heterocycles. The molecule has 0 aliphatic rings. The molecule has 138 valence electrons. The van der Waals surface area contributed by atoms with Crippen molar-refractivity contribution >= 4 is 35.0 Å². The Morgan fingerprint density at radius 3 is 2.56 bits per heavy atom. The third-order valence-corrected chi connectivity index (χ3v) is 3.84. The molecular formula is C19H18ClN5O2. The minimum atomic E-state index is -0.346. The van der Waals surface area contributed by atoms with E-state index < -0.39 is 0 Å². The number of carbonyl (C=O) groups is 1. The van der Waals surface area contributed by atoms with Crippen molar-refractivity contribution in [2.24, 2.45) is 0 Å². The topological polar surface area (TPSA) is 89.0 Å². The third kappa shape index (κ3) is 5.39. The van der Waals surface area contributed by atoms with Crippen molar-refractivity contribution in [2.45, 2.75) is 13.5 Å². The van der Waals surface area contributed by atoms with Crippen LogP contribution in [0.15, 0.2) is 54.7 Å². The molecule has 0 aliphatic carbocycles. The van der Waals surface area contributed by atoms with Crippen LogP contribution in [0.3, 0.4) is 0 Å². The highest BCUT2D eigenvalue weighted by atomic mass is 35.5. The van der Waals surface area contributed by atoms with E-state index >= 15 is 0 Å². The molecule has 0 fully saturated rings. The predicted octanol–water partition coefficient (Wildman–Crippen LogP) is 4.06. The summed E-state index contributed by atoms with van der Waals surface area (Å²) in [5.41, 5.74) is 2.32. The van der Waals surface area contributed by atoms with Gasteiger partial charge in [0.25, 0.3) is 0 Å². The van der Waals surface area contributed by atoms with E-state index in [-0.39, 0.29) is 5.97 Å². The Balaban J connectivity index is 1.61. The number of ether oxygens (including phenoxy) is 1. The fourth-order valence-corrected chi connectivity index (χ4v) is 2.40. The maximum Gasteiger partial charge on any atom is 0.338 e. The number of nitrogens with one attached hydrogen (secondary N) is 2. The quantitative estimate of drug-likeness (QED) is 0.594. The molecule has 3 rings (SSSR count). The summed E-state index contributed by atoms with van der Waals surface area (Å²) in [5.74, 6) is 0.590. The standard InChI is InChI=1S/C19H18ClN5O2/c1-2-27-18(26)14-5-9-16(10-6-14)23-17-12-22-25-19(24-17)21-11-13-3-7-15(20)8-4-13/h3-10,12H,2,11H2,1H3,(H2,21,23,24,25). The molecule has 3 aromatic rings. The van der Waals surface area contributed by atoms with Crippen LogP contribution in [0.25, 0.3) is 0 Å². The largest absolute Gasteiger partial charge is 0.462 e. The van der Waals surface area contributed by atoms with Crippen LogP contribution in [0.1, 0.15) is 22.8 Å². The molecule has 0 atom stereocenters. The van der Waals surface area contributed by atoms with Gasteiger partial charge in [0.05, 0.1) is 18.4 Å². The number of rotatable bonds is 7. The van der Waals surface area contributed by atoms with Crippen LogP contribution in [-0.4, -0.2) is 27.8 Å². The lowest BCUT2D eigenvalue weighted by atomic mass is 10.2. The van der Waals surface area contributed by atoms with E-state index in [2.05, 4.69) is 25.8 Å². The molecule has 8 heteroatoms. The van der Waals surface area contributed by atoms with E-state index in [0.29, 0.717) is 35.5 Å². The monoisotopic (exact) mass is 383 g/mol. The van der Waals surface area contributed by atoms with Crippen LogP contribution < -0.4 is 10.6 Å². The van der Waals surface area contributed by atoms with Gasteiger partial charge in [0.2, 0.25) is 5.95 Å². The van der Waals surface area contributed by atoms with Crippen molar-refractivity contribution in [3.8, 4) is 0 Å². The van der Waals surface area contributed by atoms with Crippen LogP contribution >= 0.6 is 11.6 Å². The Labute approximate surface area is 161 Å². The molecule has 0 radical (unpaired) electrons. The van der Waals surface area contributed by atoms with E-state index in [0.717, 1.165) is 11.3 Å². The first-order chi connectivity index (χ1) is 13.1. The summed E-state index contributed by atoms with van der Waals surface area (Å²) >= 11 is 5.88. The summed E-state index contributed by atoms with van der Waals surface area (Å²) in [4.78, 5) is 16.1. The second-order valence-electron chi connectivity index (χ2n) is 5.57. The van der Waals surface area contributed by atoms with E-state index in [1.165, 1.54) is 6.20 Å². The molecule has 7 nitrogen and oxygen atoms in total. The van der Waals surface area contributed by atoms with Gasteiger partial charge in [-0.1, -0.05) is 23.7 Å². The predicted molar refractivity (Wildman–Crippen MR) is 104 cm³/mol. The molecule has 2 N–H and O–H groups in total. The van der Waals surface area contributed by atoms with Gasteiger partial charge in [-0.3, -0.25) is 0 Å². The average Bonchev–Trinajstić information content (AvgIpc) is 2.69. The van der Waals surface area contributed by atoms with Gasteiger partial charge in [-0.25, -0.2) is 4.79 Å². The lowest BCUT2D eigenvalue weighted by molar-refractivity contribution is 0.0526. The number of aromatic nitrogens is 3. The summed E-state index contributed by atoms with van der Waals surface area (Å²) in [6, 6.07) is 14.4. The highest BCUT2D eigenvalue weighted by molar-refractivity contribution is 6.30.